The average Bonchev–Trinajstić information content (AvgIpc) is 2.62. The number of hydrogen-bond donors (Lipinski definition) is 1. The van der Waals surface area contributed by atoms with Crippen LogP contribution in [0.1, 0.15) is 18.4 Å². The van der Waals surface area contributed by atoms with Gasteiger partial charge in [-0.2, -0.15) is 0 Å². The van der Waals surface area contributed by atoms with E-state index < -0.39 is 31.4 Å². The van der Waals surface area contributed by atoms with Crippen LogP contribution in [-0.2, 0) is 21.2 Å². The SMILES string of the molecule is COc1ccc(S(=O)(=O)NC(=O)CCCc2ccc(Cl)cc2)c([N+](=O)[O-])c1. The summed E-state index contributed by atoms with van der Waals surface area (Å²) in [7, 11) is -3.07. The first-order chi connectivity index (χ1) is 12.7. The van der Waals surface area contributed by atoms with Gasteiger partial charge in [0.1, 0.15) is 5.75 Å². The molecule has 27 heavy (non-hydrogen) atoms. The Bertz CT molecular complexity index is 944. The Labute approximate surface area is 161 Å². The van der Waals surface area contributed by atoms with Crippen LogP contribution in [0.15, 0.2) is 47.4 Å². The molecule has 0 unspecified atom stereocenters. The molecule has 1 amide bonds. The van der Waals surface area contributed by atoms with Gasteiger partial charge in [0, 0.05) is 11.4 Å². The van der Waals surface area contributed by atoms with Crippen LogP contribution in [0.4, 0.5) is 5.69 Å². The van der Waals surface area contributed by atoms with E-state index in [0.29, 0.717) is 17.9 Å². The van der Waals surface area contributed by atoms with E-state index in [1.165, 1.54) is 13.2 Å². The molecular weight excluding hydrogens is 396 g/mol. The van der Waals surface area contributed by atoms with Crippen molar-refractivity contribution in [2.45, 2.75) is 24.2 Å². The largest absolute Gasteiger partial charge is 0.497 e. The first-order valence-corrected chi connectivity index (χ1v) is 9.71. The number of nitro groups is 1. The quantitative estimate of drug-likeness (QED) is 0.526. The van der Waals surface area contributed by atoms with Crippen molar-refractivity contribution in [2.75, 3.05) is 7.11 Å². The van der Waals surface area contributed by atoms with E-state index in [9.17, 15) is 23.3 Å². The van der Waals surface area contributed by atoms with Crippen LogP contribution < -0.4 is 9.46 Å². The second kappa shape index (κ2) is 8.83. The topological polar surface area (TPSA) is 116 Å². The van der Waals surface area contributed by atoms with Crippen LogP contribution in [-0.4, -0.2) is 26.4 Å². The molecule has 10 heteroatoms. The Morgan fingerprint density at radius 3 is 2.48 bits per heavy atom. The summed E-state index contributed by atoms with van der Waals surface area (Å²) in [4.78, 5) is 21.7. The highest BCUT2D eigenvalue weighted by atomic mass is 35.5. The van der Waals surface area contributed by atoms with E-state index in [4.69, 9.17) is 16.3 Å². The van der Waals surface area contributed by atoms with Crippen molar-refractivity contribution in [3.8, 4) is 5.75 Å². The smallest absolute Gasteiger partial charge is 0.293 e. The summed E-state index contributed by atoms with van der Waals surface area (Å²) in [6.07, 6.45) is 0.923. The number of rotatable bonds is 8. The van der Waals surface area contributed by atoms with Gasteiger partial charge >= 0.3 is 0 Å². The fourth-order valence-electron chi connectivity index (χ4n) is 2.35. The van der Waals surface area contributed by atoms with Gasteiger partial charge in [-0.1, -0.05) is 23.7 Å². The highest BCUT2D eigenvalue weighted by molar-refractivity contribution is 7.90. The Morgan fingerprint density at radius 2 is 1.89 bits per heavy atom. The lowest BCUT2D eigenvalue weighted by molar-refractivity contribution is -0.387. The van der Waals surface area contributed by atoms with Crippen LogP contribution in [0.2, 0.25) is 5.02 Å². The molecule has 0 aliphatic rings. The van der Waals surface area contributed by atoms with E-state index in [0.717, 1.165) is 17.7 Å². The van der Waals surface area contributed by atoms with Gasteiger partial charge in [-0.25, -0.2) is 13.1 Å². The summed E-state index contributed by atoms with van der Waals surface area (Å²) in [5.74, 6) is -0.607. The molecule has 0 aromatic heterocycles. The lowest BCUT2D eigenvalue weighted by Gasteiger charge is -2.09. The third-order valence-corrected chi connectivity index (χ3v) is 5.36. The molecule has 2 aromatic rings. The predicted octanol–water partition coefficient (Wildman–Crippen LogP) is 3.08. The number of hydrogen-bond acceptors (Lipinski definition) is 6. The minimum Gasteiger partial charge on any atom is -0.497 e. The highest BCUT2D eigenvalue weighted by Gasteiger charge is 2.28. The molecule has 0 heterocycles. The molecule has 0 saturated heterocycles. The summed E-state index contributed by atoms with van der Waals surface area (Å²) in [6, 6.07) is 10.4. The van der Waals surface area contributed by atoms with Gasteiger partial charge in [-0.3, -0.25) is 14.9 Å². The second-order valence-electron chi connectivity index (χ2n) is 5.60. The zero-order valence-corrected chi connectivity index (χ0v) is 15.9. The summed E-state index contributed by atoms with van der Waals surface area (Å²) in [5, 5.41) is 11.7. The van der Waals surface area contributed by atoms with Gasteiger partial charge in [0.15, 0.2) is 4.90 Å². The van der Waals surface area contributed by atoms with E-state index in [2.05, 4.69) is 0 Å². The van der Waals surface area contributed by atoms with Crippen molar-refractivity contribution in [3.05, 3.63) is 63.2 Å². The molecule has 0 saturated carbocycles. The molecule has 1 N–H and O–H groups in total. The zero-order valence-electron chi connectivity index (χ0n) is 14.3. The number of amides is 1. The fraction of sp³-hybridized carbons (Fsp3) is 0.235. The Balaban J connectivity index is 2.03. The lowest BCUT2D eigenvalue weighted by Crippen LogP contribution is -2.30. The minimum absolute atomic E-state index is 0.0498. The van der Waals surface area contributed by atoms with Crippen molar-refractivity contribution in [2.24, 2.45) is 0 Å². The highest BCUT2D eigenvalue weighted by Crippen LogP contribution is 2.28. The molecule has 8 nitrogen and oxygen atoms in total. The van der Waals surface area contributed by atoms with Crippen LogP contribution in [0.3, 0.4) is 0 Å². The molecule has 0 spiro atoms. The van der Waals surface area contributed by atoms with Gasteiger partial charge in [-0.05, 0) is 42.7 Å². The number of carbonyl (C=O) groups excluding carboxylic acids is 1. The van der Waals surface area contributed by atoms with Gasteiger partial charge in [0.25, 0.3) is 15.7 Å². The summed E-state index contributed by atoms with van der Waals surface area (Å²) >= 11 is 5.79. The van der Waals surface area contributed by atoms with Crippen molar-refractivity contribution in [3.63, 3.8) is 0 Å². The van der Waals surface area contributed by atoms with Crippen molar-refractivity contribution in [1.82, 2.24) is 4.72 Å². The second-order valence-corrected chi connectivity index (χ2v) is 7.69. The number of ether oxygens (including phenoxy) is 1. The first kappa shape index (κ1) is 20.7. The number of nitrogens with one attached hydrogen (secondary N) is 1. The van der Waals surface area contributed by atoms with Gasteiger partial charge in [-0.15, -0.1) is 0 Å². The van der Waals surface area contributed by atoms with E-state index in [1.807, 2.05) is 16.9 Å². The number of sulfonamides is 1. The number of benzene rings is 2. The molecule has 0 aliphatic heterocycles. The number of carbonyl (C=O) groups is 1. The third-order valence-electron chi connectivity index (χ3n) is 3.68. The van der Waals surface area contributed by atoms with Crippen molar-refractivity contribution in [1.29, 1.82) is 0 Å². The van der Waals surface area contributed by atoms with Crippen LogP contribution in [0, 0.1) is 10.1 Å². The molecule has 2 aromatic carbocycles. The number of halogens is 1. The van der Waals surface area contributed by atoms with Gasteiger partial charge in [0.05, 0.1) is 18.1 Å². The zero-order chi connectivity index (χ0) is 20.0. The molecule has 144 valence electrons. The monoisotopic (exact) mass is 412 g/mol. The Morgan fingerprint density at radius 1 is 1.22 bits per heavy atom. The van der Waals surface area contributed by atoms with Crippen molar-refractivity contribution < 1.29 is 22.9 Å². The molecule has 0 atom stereocenters. The standard InChI is InChI=1S/C17H17ClN2O6S/c1-26-14-9-10-16(15(11-14)20(22)23)27(24,25)19-17(21)4-2-3-12-5-7-13(18)8-6-12/h5-11H,2-4H2,1H3,(H,19,21). The van der Waals surface area contributed by atoms with E-state index >= 15 is 0 Å². The fourth-order valence-corrected chi connectivity index (χ4v) is 3.65. The maximum atomic E-state index is 12.3. The third kappa shape index (κ3) is 5.66. The first-order valence-electron chi connectivity index (χ1n) is 7.85. The Kier molecular flexibility index (Phi) is 6.75. The number of nitrogens with zero attached hydrogens (tertiary/aromatic N) is 1. The summed E-state index contributed by atoms with van der Waals surface area (Å²) in [6.45, 7) is 0. The normalized spacial score (nSPS) is 11.0. The van der Waals surface area contributed by atoms with E-state index in [1.54, 1.807) is 12.1 Å². The Hall–Kier alpha value is -2.65. The van der Waals surface area contributed by atoms with E-state index in [-0.39, 0.29) is 12.2 Å². The van der Waals surface area contributed by atoms with Crippen LogP contribution >= 0.6 is 11.6 Å². The van der Waals surface area contributed by atoms with Crippen LogP contribution in [0.5, 0.6) is 5.75 Å². The molecule has 0 fully saturated rings. The molecule has 2 rings (SSSR count). The minimum atomic E-state index is -4.38. The summed E-state index contributed by atoms with van der Waals surface area (Å²) < 4.78 is 31.4. The predicted molar refractivity (Wildman–Crippen MR) is 99.4 cm³/mol. The van der Waals surface area contributed by atoms with Gasteiger partial charge in [0.2, 0.25) is 5.91 Å². The average molecular weight is 413 g/mol. The molecule has 0 radical (unpaired) electrons. The number of aryl methyl sites for hydroxylation is 1. The van der Waals surface area contributed by atoms with Crippen molar-refractivity contribution >= 4 is 33.2 Å². The molecule has 0 bridgehead atoms. The maximum absolute atomic E-state index is 12.3. The van der Waals surface area contributed by atoms with Gasteiger partial charge < -0.3 is 4.74 Å². The molecule has 0 aliphatic carbocycles. The molecular formula is C17H17ClN2O6S. The number of nitro benzene ring substituents is 1. The number of methoxy groups -OCH3 is 1. The lowest BCUT2D eigenvalue weighted by atomic mass is 10.1. The summed E-state index contributed by atoms with van der Waals surface area (Å²) in [5.41, 5.74) is 0.289. The van der Waals surface area contributed by atoms with Crippen LogP contribution in [0.25, 0.3) is 0 Å². The maximum Gasteiger partial charge on any atom is 0.293 e.